The largest absolute Gasteiger partial charge is 0.431 e. The smallest absolute Gasteiger partial charge is 0.387 e. The van der Waals surface area contributed by atoms with Gasteiger partial charge in [-0.25, -0.2) is 9.97 Å². The van der Waals surface area contributed by atoms with Crippen molar-refractivity contribution < 1.29 is 23.0 Å². The Kier molecular flexibility index (Phi) is 5.35. The Balaban J connectivity index is 1.34. The first-order valence-electron chi connectivity index (χ1n) is 11.8. The number of hydrogen-bond donors (Lipinski definition) is 1. The van der Waals surface area contributed by atoms with Crippen molar-refractivity contribution in [3.63, 3.8) is 0 Å². The van der Waals surface area contributed by atoms with Crippen LogP contribution in [0.2, 0.25) is 0 Å². The molecule has 35 heavy (non-hydrogen) atoms. The molecule has 186 valence electrons. The van der Waals surface area contributed by atoms with E-state index in [1.54, 1.807) is 0 Å². The van der Waals surface area contributed by atoms with Gasteiger partial charge >= 0.3 is 6.61 Å². The number of amides is 1. The van der Waals surface area contributed by atoms with Crippen molar-refractivity contribution >= 4 is 23.5 Å². The molecule has 1 amide bonds. The highest BCUT2D eigenvalue weighted by Gasteiger charge is 2.47. The molecule has 5 aliphatic rings. The predicted molar refractivity (Wildman–Crippen MR) is 123 cm³/mol. The number of fused-ring (bicyclic) bond motifs is 3. The van der Waals surface area contributed by atoms with E-state index in [9.17, 15) is 13.6 Å². The van der Waals surface area contributed by atoms with Crippen molar-refractivity contribution in [2.24, 2.45) is 5.92 Å². The maximum Gasteiger partial charge on any atom is 0.387 e. The minimum atomic E-state index is -3.01. The number of methoxy groups -OCH3 is 1. The number of aromatic nitrogens is 3. The summed E-state index contributed by atoms with van der Waals surface area (Å²) in [6.07, 6.45) is 4.66. The number of hydrogen-bond acceptors (Lipinski definition) is 9. The average Bonchev–Trinajstić information content (AvgIpc) is 3.59. The van der Waals surface area contributed by atoms with Crippen LogP contribution in [0, 0.1) is 5.92 Å². The third kappa shape index (κ3) is 3.89. The lowest BCUT2D eigenvalue weighted by Gasteiger charge is -2.35. The van der Waals surface area contributed by atoms with Crippen LogP contribution in [0.5, 0.6) is 5.75 Å². The Labute approximate surface area is 201 Å². The van der Waals surface area contributed by atoms with Crippen molar-refractivity contribution in [2.45, 2.75) is 44.0 Å². The van der Waals surface area contributed by atoms with Gasteiger partial charge in [0.05, 0.1) is 17.8 Å². The van der Waals surface area contributed by atoms with Crippen molar-refractivity contribution in [2.75, 3.05) is 48.9 Å². The van der Waals surface area contributed by atoms with Gasteiger partial charge in [-0.15, -0.1) is 0 Å². The monoisotopic (exact) mass is 487 g/mol. The molecule has 0 aromatic carbocycles. The number of nitrogens with two attached hydrogens (primary N) is 1. The van der Waals surface area contributed by atoms with Crippen LogP contribution < -0.4 is 20.3 Å². The number of nitrogens with zero attached hydrogens (tertiary/aromatic N) is 6. The highest BCUT2D eigenvalue weighted by atomic mass is 19.3. The van der Waals surface area contributed by atoms with Crippen LogP contribution in [-0.2, 0) is 9.53 Å². The number of nitrogen functional groups attached to an aromatic ring is 1. The SMILES string of the molecule is COCC(=O)N1CC2CC1CN2c1cc(-c2cnc(N)c(OC(F)F)c2)nc(N2CC3CC2C3)n1. The van der Waals surface area contributed by atoms with Gasteiger partial charge in [0.15, 0.2) is 11.6 Å². The minimum Gasteiger partial charge on any atom is -0.431 e. The lowest BCUT2D eigenvalue weighted by molar-refractivity contribution is -0.136. The van der Waals surface area contributed by atoms with Crippen LogP contribution in [0.25, 0.3) is 11.3 Å². The van der Waals surface area contributed by atoms with Crippen LogP contribution in [0.4, 0.5) is 26.4 Å². The van der Waals surface area contributed by atoms with Crippen molar-refractivity contribution in [3.8, 4) is 17.0 Å². The molecular formula is C23H27F2N7O3. The fraction of sp³-hybridized carbons (Fsp3) is 0.565. The van der Waals surface area contributed by atoms with E-state index in [2.05, 4.69) is 19.5 Å². The van der Waals surface area contributed by atoms with Gasteiger partial charge < -0.3 is 29.9 Å². The normalized spacial score (nSPS) is 26.6. The Morgan fingerprint density at radius 2 is 1.94 bits per heavy atom. The number of anilines is 3. The molecule has 6 heterocycles. The quantitative estimate of drug-likeness (QED) is 0.625. The van der Waals surface area contributed by atoms with Gasteiger partial charge in [0.2, 0.25) is 11.9 Å². The molecule has 4 saturated heterocycles. The lowest BCUT2D eigenvalue weighted by atomic mass is 9.86. The molecule has 2 atom stereocenters. The van der Waals surface area contributed by atoms with Crippen molar-refractivity contribution in [1.82, 2.24) is 19.9 Å². The van der Waals surface area contributed by atoms with E-state index in [1.807, 2.05) is 11.0 Å². The molecule has 12 heteroatoms. The van der Waals surface area contributed by atoms with Gasteiger partial charge in [0.1, 0.15) is 12.4 Å². The summed E-state index contributed by atoms with van der Waals surface area (Å²) in [7, 11) is 1.52. The second kappa shape index (κ2) is 8.43. The van der Waals surface area contributed by atoms with Crippen LogP contribution in [-0.4, -0.2) is 83.8 Å². The molecular weight excluding hydrogens is 460 g/mol. The number of likely N-dealkylation sites (tertiary alicyclic amines) is 1. The Hall–Kier alpha value is -3.28. The Bertz CT molecular complexity index is 1150. The number of rotatable bonds is 7. The first kappa shape index (κ1) is 22.2. The predicted octanol–water partition coefficient (Wildman–Crippen LogP) is 1.76. The van der Waals surface area contributed by atoms with Gasteiger partial charge in [-0.05, 0) is 31.2 Å². The van der Waals surface area contributed by atoms with Gasteiger partial charge in [0, 0.05) is 50.6 Å². The summed E-state index contributed by atoms with van der Waals surface area (Å²) in [5.41, 5.74) is 6.83. The second-order valence-corrected chi connectivity index (χ2v) is 9.72. The molecule has 7 rings (SSSR count). The third-order valence-electron chi connectivity index (χ3n) is 7.58. The maximum atomic E-state index is 12.9. The number of carbonyl (C=O) groups excluding carboxylic acids is 1. The van der Waals surface area contributed by atoms with Crippen LogP contribution in [0.15, 0.2) is 18.3 Å². The maximum absolute atomic E-state index is 12.9. The van der Waals surface area contributed by atoms with Crippen molar-refractivity contribution in [1.29, 1.82) is 0 Å². The number of ether oxygens (including phenoxy) is 2. The highest BCUT2D eigenvalue weighted by molar-refractivity contribution is 5.79. The van der Waals surface area contributed by atoms with E-state index in [4.69, 9.17) is 20.4 Å². The Morgan fingerprint density at radius 3 is 2.60 bits per heavy atom. The van der Waals surface area contributed by atoms with Gasteiger partial charge in [-0.2, -0.15) is 13.8 Å². The Morgan fingerprint density at radius 1 is 1.11 bits per heavy atom. The summed E-state index contributed by atoms with van der Waals surface area (Å²) in [6.45, 7) is -0.729. The number of piperazine rings is 1. The fourth-order valence-corrected chi connectivity index (χ4v) is 5.87. The van der Waals surface area contributed by atoms with Crippen LogP contribution >= 0.6 is 0 Å². The standard InChI is InChI=1S/C23H27F2N7O3/c1-34-11-20(33)31-10-15-5-16(31)9-30(15)19-6-17(13-4-18(35-22(24)25)21(26)27-7-13)28-23(29-19)32-8-12-2-14(32)3-12/h4,6-7,12,14-16,22H,2-3,5,8-11H2,1H3,(H2,26,27). The molecule has 2 aromatic rings. The van der Waals surface area contributed by atoms with E-state index in [0.717, 1.165) is 31.6 Å². The number of pyridine rings is 1. The first-order valence-corrected chi connectivity index (χ1v) is 11.8. The molecule has 4 bridgehead atoms. The molecule has 4 aliphatic heterocycles. The van der Waals surface area contributed by atoms with E-state index < -0.39 is 6.61 Å². The second-order valence-electron chi connectivity index (χ2n) is 9.72. The zero-order valence-corrected chi connectivity index (χ0v) is 19.3. The summed E-state index contributed by atoms with van der Waals surface area (Å²) >= 11 is 0. The molecule has 5 fully saturated rings. The van der Waals surface area contributed by atoms with E-state index in [-0.39, 0.29) is 36.2 Å². The zero-order chi connectivity index (χ0) is 24.3. The number of carbonyl (C=O) groups is 1. The molecule has 0 spiro atoms. The summed E-state index contributed by atoms with van der Waals surface area (Å²) < 4.78 is 35.3. The fourth-order valence-electron chi connectivity index (χ4n) is 5.87. The van der Waals surface area contributed by atoms with Gasteiger partial charge in [-0.3, -0.25) is 4.79 Å². The van der Waals surface area contributed by atoms with E-state index >= 15 is 0 Å². The molecule has 10 nitrogen and oxygen atoms in total. The van der Waals surface area contributed by atoms with Gasteiger partial charge in [0.25, 0.3) is 0 Å². The van der Waals surface area contributed by atoms with E-state index in [0.29, 0.717) is 42.3 Å². The summed E-state index contributed by atoms with van der Waals surface area (Å²) in [5.74, 6) is 1.76. The summed E-state index contributed by atoms with van der Waals surface area (Å²) in [4.78, 5) is 32.5. The molecule has 0 radical (unpaired) electrons. The topological polar surface area (TPSA) is 110 Å². The van der Waals surface area contributed by atoms with Crippen molar-refractivity contribution in [3.05, 3.63) is 18.3 Å². The number of halogens is 2. The summed E-state index contributed by atoms with van der Waals surface area (Å²) in [6, 6.07) is 3.97. The molecule has 2 N–H and O–H groups in total. The third-order valence-corrected chi connectivity index (χ3v) is 7.58. The average molecular weight is 488 g/mol. The first-order chi connectivity index (χ1) is 16.9. The molecule has 1 saturated carbocycles. The van der Waals surface area contributed by atoms with Gasteiger partial charge in [-0.1, -0.05) is 0 Å². The minimum absolute atomic E-state index is 0.0000608. The highest BCUT2D eigenvalue weighted by Crippen LogP contribution is 2.43. The van der Waals surface area contributed by atoms with Crippen LogP contribution in [0.3, 0.4) is 0 Å². The number of alkyl halides is 2. The molecule has 2 aromatic heterocycles. The molecule has 1 aliphatic carbocycles. The van der Waals surface area contributed by atoms with Crippen LogP contribution in [0.1, 0.15) is 19.3 Å². The lowest BCUT2D eigenvalue weighted by Crippen LogP contribution is -2.50. The molecule has 2 unspecified atom stereocenters. The summed E-state index contributed by atoms with van der Waals surface area (Å²) in [5, 5.41) is 0. The zero-order valence-electron chi connectivity index (χ0n) is 19.3. The van der Waals surface area contributed by atoms with E-state index in [1.165, 1.54) is 19.4 Å².